The number of allylic oxidation sites excluding steroid dienone is 1. The Balaban J connectivity index is 1.53. The predicted octanol–water partition coefficient (Wildman–Crippen LogP) is 2.10. The third kappa shape index (κ3) is 2.14. The van der Waals surface area contributed by atoms with Crippen molar-refractivity contribution in [2.24, 2.45) is 22.4 Å². The Hall–Kier alpha value is -2.67. The Labute approximate surface area is 168 Å². The molecule has 0 aromatic heterocycles. The Bertz CT molecular complexity index is 968. The Morgan fingerprint density at radius 3 is 2.62 bits per heavy atom. The van der Waals surface area contributed by atoms with Gasteiger partial charge in [-0.25, -0.2) is 4.79 Å². The highest BCUT2D eigenvalue weighted by molar-refractivity contribution is 6.06. The SMILES string of the molecule is C[C@H]1CC[C@@H]2[C@@H](OC(=O)C23CC(c2ccc(O)cc2)=NO3)[C@]2(C)C(=O)C=C[C@@]12O. The molecule has 152 valence electrons. The third-order valence-corrected chi connectivity index (χ3v) is 7.56. The van der Waals surface area contributed by atoms with E-state index in [2.05, 4.69) is 5.16 Å². The van der Waals surface area contributed by atoms with Crippen LogP contribution >= 0.6 is 0 Å². The molecular weight excluding hydrogens is 374 g/mol. The molecule has 1 aromatic rings. The fraction of sp³-hybridized carbons (Fsp3) is 0.500. The van der Waals surface area contributed by atoms with Crippen LogP contribution in [0.15, 0.2) is 41.6 Å². The first-order chi connectivity index (χ1) is 13.7. The summed E-state index contributed by atoms with van der Waals surface area (Å²) in [5, 5.41) is 25.1. The van der Waals surface area contributed by atoms with Crippen molar-refractivity contribution < 1.29 is 29.4 Å². The number of esters is 1. The van der Waals surface area contributed by atoms with Gasteiger partial charge in [0.15, 0.2) is 5.78 Å². The molecule has 7 nitrogen and oxygen atoms in total. The molecule has 2 N–H and O–H groups in total. The summed E-state index contributed by atoms with van der Waals surface area (Å²) in [7, 11) is 0. The van der Waals surface area contributed by atoms with Gasteiger partial charge in [0.2, 0.25) is 5.60 Å². The molecule has 1 saturated heterocycles. The Morgan fingerprint density at radius 2 is 1.90 bits per heavy atom. The van der Waals surface area contributed by atoms with Gasteiger partial charge in [0.1, 0.15) is 22.9 Å². The summed E-state index contributed by atoms with van der Waals surface area (Å²) in [5.74, 6) is -1.20. The molecule has 0 radical (unpaired) electrons. The van der Waals surface area contributed by atoms with Crippen molar-refractivity contribution in [1.82, 2.24) is 0 Å². The van der Waals surface area contributed by atoms with E-state index in [9.17, 15) is 19.8 Å². The summed E-state index contributed by atoms with van der Waals surface area (Å²) in [6.45, 7) is 3.61. The molecule has 2 heterocycles. The number of nitrogens with zero attached hydrogens (tertiary/aromatic N) is 1. The van der Waals surface area contributed by atoms with Gasteiger partial charge in [-0.15, -0.1) is 0 Å². The zero-order chi connectivity index (χ0) is 20.6. The minimum Gasteiger partial charge on any atom is -0.508 e. The zero-order valence-corrected chi connectivity index (χ0v) is 16.3. The standard InChI is InChI=1S/C22H23NO6/c1-12-3-8-15-18(20(2)17(25)9-10-22(12,20)27)28-19(26)21(15)11-16(23-29-21)13-4-6-14(24)7-5-13/h4-7,9-10,12,15,18,24,27H,3,8,11H2,1-2H3/t12-,15+,18+,20-,21?,22+/m0/s1. The van der Waals surface area contributed by atoms with E-state index in [4.69, 9.17) is 9.57 Å². The van der Waals surface area contributed by atoms with Gasteiger partial charge in [-0.1, -0.05) is 12.1 Å². The van der Waals surface area contributed by atoms with Crippen molar-refractivity contribution >= 4 is 17.5 Å². The first-order valence-corrected chi connectivity index (χ1v) is 9.94. The van der Waals surface area contributed by atoms with Crippen LogP contribution in [0.3, 0.4) is 0 Å². The molecule has 1 aromatic carbocycles. The maximum Gasteiger partial charge on any atom is 0.354 e. The topological polar surface area (TPSA) is 105 Å². The van der Waals surface area contributed by atoms with Crippen molar-refractivity contribution in [2.75, 3.05) is 0 Å². The molecule has 1 saturated carbocycles. The maximum atomic E-state index is 13.1. The number of phenolic OH excluding ortho intramolecular Hbond substituents is 1. The minimum absolute atomic E-state index is 0.139. The number of aromatic hydroxyl groups is 1. The molecule has 1 unspecified atom stereocenters. The van der Waals surface area contributed by atoms with Gasteiger partial charge < -0.3 is 19.8 Å². The van der Waals surface area contributed by atoms with Crippen molar-refractivity contribution in [1.29, 1.82) is 0 Å². The van der Waals surface area contributed by atoms with Crippen molar-refractivity contribution in [3.8, 4) is 5.75 Å². The second-order valence-corrected chi connectivity index (χ2v) is 8.88. The van der Waals surface area contributed by atoms with Crippen molar-refractivity contribution in [3.05, 3.63) is 42.0 Å². The average molecular weight is 397 g/mol. The van der Waals surface area contributed by atoms with Crippen molar-refractivity contribution in [3.63, 3.8) is 0 Å². The number of ketones is 1. The maximum absolute atomic E-state index is 13.1. The van der Waals surface area contributed by atoms with E-state index in [1.165, 1.54) is 6.08 Å². The van der Waals surface area contributed by atoms with Gasteiger partial charge in [0.05, 0.1) is 11.6 Å². The van der Waals surface area contributed by atoms with E-state index in [0.29, 0.717) is 18.6 Å². The van der Waals surface area contributed by atoms with Crippen LogP contribution in [0.2, 0.25) is 0 Å². The first kappa shape index (κ1) is 18.4. The van der Waals surface area contributed by atoms with Crippen LogP contribution in [0.4, 0.5) is 0 Å². The second-order valence-electron chi connectivity index (χ2n) is 8.88. The highest BCUT2D eigenvalue weighted by atomic mass is 16.7. The lowest BCUT2D eigenvalue weighted by Gasteiger charge is -2.43. The molecule has 5 rings (SSSR count). The third-order valence-electron chi connectivity index (χ3n) is 7.56. The highest BCUT2D eigenvalue weighted by Crippen LogP contribution is 2.59. The van der Waals surface area contributed by atoms with Crippen LogP contribution in [0.25, 0.3) is 0 Å². The predicted molar refractivity (Wildman–Crippen MR) is 102 cm³/mol. The molecule has 0 bridgehead atoms. The van der Waals surface area contributed by atoms with Crippen LogP contribution in [0.5, 0.6) is 5.75 Å². The molecule has 2 fully saturated rings. The molecule has 29 heavy (non-hydrogen) atoms. The number of carbonyl (C=O) groups excluding carboxylic acids is 2. The fourth-order valence-corrected chi connectivity index (χ4v) is 5.60. The fourth-order valence-electron chi connectivity index (χ4n) is 5.60. The highest BCUT2D eigenvalue weighted by Gasteiger charge is 2.73. The summed E-state index contributed by atoms with van der Waals surface area (Å²) in [6, 6.07) is 6.54. The van der Waals surface area contributed by atoms with Crippen LogP contribution in [0, 0.1) is 17.3 Å². The normalized spacial score (nSPS) is 42.9. The number of hydrogen-bond donors (Lipinski definition) is 2. The smallest absolute Gasteiger partial charge is 0.354 e. The van der Waals surface area contributed by atoms with Crippen LogP contribution in [0.1, 0.15) is 38.7 Å². The van der Waals surface area contributed by atoms with Gasteiger partial charge in [-0.2, -0.15) is 0 Å². The molecule has 1 spiro atoms. The Morgan fingerprint density at radius 1 is 1.17 bits per heavy atom. The van der Waals surface area contributed by atoms with E-state index in [1.807, 2.05) is 6.92 Å². The van der Waals surface area contributed by atoms with E-state index in [0.717, 1.165) is 5.56 Å². The zero-order valence-electron chi connectivity index (χ0n) is 16.3. The average Bonchev–Trinajstić information content (AvgIpc) is 3.32. The summed E-state index contributed by atoms with van der Waals surface area (Å²) < 4.78 is 5.79. The summed E-state index contributed by atoms with van der Waals surface area (Å²) >= 11 is 0. The Kier molecular flexibility index (Phi) is 3.60. The van der Waals surface area contributed by atoms with Gasteiger partial charge >= 0.3 is 5.97 Å². The molecule has 2 aliphatic heterocycles. The molecule has 7 heteroatoms. The molecular formula is C22H23NO6. The minimum atomic E-state index is -1.37. The second kappa shape index (κ2) is 5.69. The van der Waals surface area contributed by atoms with E-state index >= 15 is 0 Å². The lowest BCUT2D eigenvalue weighted by molar-refractivity contribution is -0.169. The van der Waals surface area contributed by atoms with Crippen LogP contribution in [-0.4, -0.2) is 45.0 Å². The number of aliphatic hydroxyl groups is 1. The molecule has 6 atom stereocenters. The number of fused-ring (bicyclic) bond motifs is 4. The number of rotatable bonds is 1. The lowest BCUT2D eigenvalue weighted by Crippen LogP contribution is -2.57. The molecule has 4 aliphatic rings. The van der Waals surface area contributed by atoms with Gasteiger partial charge in [-0.3, -0.25) is 4.79 Å². The van der Waals surface area contributed by atoms with Crippen LogP contribution in [-0.2, 0) is 19.2 Å². The van der Waals surface area contributed by atoms with E-state index in [-0.39, 0.29) is 23.9 Å². The number of benzene rings is 1. The van der Waals surface area contributed by atoms with Gasteiger partial charge in [0, 0.05) is 6.42 Å². The number of ether oxygens (including phenoxy) is 1. The van der Waals surface area contributed by atoms with Crippen molar-refractivity contribution in [2.45, 2.75) is 50.4 Å². The monoisotopic (exact) mass is 397 g/mol. The number of phenols is 1. The largest absolute Gasteiger partial charge is 0.508 e. The van der Waals surface area contributed by atoms with E-state index in [1.54, 1.807) is 37.3 Å². The number of carbonyl (C=O) groups is 2. The van der Waals surface area contributed by atoms with Crippen LogP contribution < -0.4 is 0 Å². The van der Waals surface area contributed by atoms with Gasteiger partial charge in [-0.05, 0) is 67.7 Å². The lowest BCUT2D eigenvalue weighted by atomic mass is 9.63. The van der Waals surface area contributed by atoms with E-state index < -0.39 is 34.6 Å². The number of hydrogen-bond acceptors (Lipinski definition) is 7. The summed E-state index contributed by atoms with van der Waals surface area (Å²) in [5.41, 5.74) is -2.57. The molecule has 2 aliphatic carbocycles. The first-order valence-electron chi connectivity index (χ1n) is 9.94. The quantitative estimate of drug-likeness (QED) is 0.703. The summed E-state index contributed by atoms with van der Waals surface area (Å²) in [4.78, 5) is 31.7. The van der Waals surface area contributed by atoms with Gasteiger partial charge in [0.25, 0.3) is 0 Å². The summed E-state index contributed by atoms with van der Waals surface area (Å²) in [6.07, 6.45) is 3.61. The number of oxime groups is 1. The molecule has 0 amide bonds.